The van der Waals surface area contributed by atoms with Gasteiger partial charge < -0.3 is 19.5 Å². The van der Waals surface area contributed by atoms with E-state index in [0.29, 0.717) is 25.7 Å². The van der Waals surface area contributed by atoms with Crippen LogP contribution in [0.4, 0.5) is 0 Å². The Hall–Kier alpha value is -0.940. The lowest BCUT2D eigenvalue weighted by atomic mass is 10.00. The van der Waals surface area contributed by atoms with Crippen LogP contribution in [0.5, 0.6) is 0 Å². The molecule has 0 bridgehead atoms. The Kier molecular flexibility index (Phi) is 10.1. The smallest absolute Gasteiger partial charge is 0.0718 e. The van der Waals surface area contributed by atoms with E-state index < -0.39 is 0 Å². The molecule has 0 aliphatic heterocycles. The second-order valence-electron chi connectivity index (χ2n) is 5.21. The minimum absolute atomic E-state index is 0.533. The van der Waals surface area contributed by atoms with Crippen LogP contribution >= 0.6 is 0 Å². The molecule has 0 amide bonds. The Morgan fingerprint density at radius 2 is 1.71 bits per heavy atom. The molecule has 0 fully saturated rings. The summed E-state index contributed by atoms with van der Waals surface area (Å²) in [7, 11) is 3.68. The molecular weight excluding hydrogens is 266 g/mol. The van der Waals surface area contributed by atoms with Crippen LogP contribution in [0.2, 0.25) is 0 Å². The minimum atomic E-state index is 0.533. The van der Waals surface area contributed by atoms with E-state index in [9.17, 15) is 0 Å². The van der Waals surface area contributed by atoms with E-state index in [0.717, 1.165) is 26.2 Å². The molecule has 1 unspecified atom stereocenters. The van der Waals surface area contributed by atoms with Gasteiger partial charge in [-0.05, 0) is 30.5 Å². The third-order valence-corrected chi connectivity index (χ3v) is 3.34. The summed E-state index contributed by atoms with van der Waals surface area (Å²) in [5.41, 5.74) is 2.56. The maximum absolute atomic E-state index is 5.61. The van der Waals surface area contributed by atoms with Crippen LogP contribution in [-0.4, -0.2) is 47.1 Å². The fourth-order valence-corrected chi connectivity index (χ4v) is 2.08. The van der Waals surface area contributed by atoms with Gasteiger partial charge in [0.25, 0.3) is 0 Å². The number of ether oxygens (including phenoxy) is 3. The number of likely N-dealkylation sites (N-methyl/N-ethyl adjacent to an activating group) is 1. The Morgan fingerprint density at radius 3 is 2.38 bits per heavy atom. The van der Waals surface area contributed by atoms with Gasteiger partial charge in [-0.2, -0.15) is 0 Å². The average Bonchev–Trinajstić information content (AvgIpc) is 2.51. The van der Waals surface area contributed by atoms with Gasteiger partial charge >= 0.3 is 0 Å². The summed E-state index contributed by atoms with van der Waals surface area (Å²) in [6, 6.07) is 8.64. The predicted octanol–water partition coefficient (Wildman–Crippen LogP) is 2.58. The lowest BCUT2D eigenvalue weighted by molar-refractivity contribution is 0.0337. The van der Waals surface area contributed by atoms with E-state index in [1.54, 1.807) is 7.11 Å². The van der Waals surface area contributed by atoms with Crippen molar-refractivity contribution in [1.82, 2.24) is 5.32 Å². The number of hydrogen-bond acceptors (Lipinski definition) is 4. The van der Waals surface area contributed by atoms with Gasteiger partial charge in [-0.1, -0.05) is 31.2 Å². The van der Waals surface area contributed by atoms with Crippen molar-refractivity contribution < 1.29 is 14.2 Å². The zero-order valence-electron chi connectivity index (χ0n) is 13.6. The standard InChI is InChI=1S/C17H29NO3/c1-15(13-18-2)17-7-5-16(6-8-17)14-21-12-11-20-10-4-9-19-3/h5-8,15,18H,4,9-14H2,1-3H3. The van der Waals surface area contributed by atoms with Crippen LogP contribution in [-0.2, 0) is 20.8 Å². The van der Waals surface area contributed by atoms with E-state index in [1.165, 1.54) is 11.1 Å². The maximum atomic E-state index is 5.61. The van der Waals surface area contributed by atoms with Crippen molar-refractivity contribution in [1.29, 1.82) is 0 Å². The Bertz CT molecular complexity index is 354. The number of rotatable bonds is 12. The van der Waals surface area contributed by atoms with Gasteiger partial charge in [0.2, 0.25) is 0 Å². The first kappa shape index (κ1) is 18.1. The van der Waals surface area contributed by atoms with Crippen molar-refractivity contribution in [3.05, 3.63) is 35.4 Å². The lowest BCUT2D eigenvalue weighted by Gasteiger charge is -2.12. The highest BCUT2D eigenvalue weighted by Gasteiger charge is 2.03. The molecule has 0 radical (unpaired) electrons. The molecule has 1 aromatic carbocycles. The van der Waals surface area contributed by atoms with Crippen LogP contribution < -0.4 is 5.32 Å². The van der Waals surface area contributed by atoms with Gasteiger partial charge in [0.05, 0.1) is 19.8 Å². The number of methoxy groups -OCH3 is 1. The summed E-state index contributed by atoms with van der Waals surface area (Å²) in [6.07, 6.45) is 0.933. The molecule has 1 rings (SSSR count). The zero-order chi connectivity index (χ0) is 15.3. The highest BCUT2D eigenvalue weighted by Crippen LogP contribution is 2.15. The van der Waals surface area contributed by atoms with E-state index in [1.807, 2.05) is 7.05 Å². The first-order valence-electron chi connectivity index (χ1n) is 7.65. The van der Waals surface area contributed by atoms with Crippen molar-refractivity contribution in [2.75, 3.05) is 47.1 Å². The molecule has 120 valence electrons. The van der Waals surface area contributed by atoms with Gasteiger partial charge in [0.15, 0.2) is 0 Å². The largest absolute Gasteiger partial charge is 0.385 e. The summed E-state index contributed by atoms with van der Waals surface area (Å²) >= 11 is 0. The number of hydrogen-bond donors (Lipinski definition) is 1. The van der Waals surface area contributed by atoms with Gasteiger partial charge in [-0.3, -0.25) is 0 Å². The van der Waals surface area contributed by atoms with Crippen molar-refractivity contribution in [3.63, 3.8) is 0 Å². The van der Waals surface area contributed by atoms with E-state index >= 15 is 0 Å². The average molecular weight is 295 g/mol. The number of benzene rings is 1. The second-order valence-corrected chi connectivity index (χ2v) is 5.21. The van der Waals surface area contributed by atoms with Gasteiger partial charge in [-0.25, -0.2) is 0 Å². The van der Waals surface area contributed by atoms with E-state index in [-0.39, 0.29) is 0 Å². The Labute approximate surface area is 128 Å². The third-order valence-electron chi connectivity index (χ3n) is 3.34. The molecule has 0 spiro atoms. The summed E-state index contributed by atoms with van der Waals surface area (Å²) in [4.78, 5) is 0. The Balaban J connectivity index is 2.12. The van der Waals surface area contributed by atoms with Crippen molar-refractivity contribution in [3.8, 4) is 0 Å². The highest BCUT2D eigenvalue weighted by molar-refractivity contribution is 5.24. The highest BCUT2D eigenvalue weighted by atomic mass is 16.5. The summed E-state index contributed by atoms with van der Waals surface area (Å²) in [5.74, 6) is 0.533. The molecular formula is C17H29NO3. The summed E-state index contributed by atoms with van der Waals surface area (Å²) < 4.78 is 16.0. The van der Waals surface area contributed by atoms with E-state index in [4.69, 9.17) is 14.2 Å². The van der Waals surface area contributed by atoms with Crippen LogP contribution in [0.3, 0.4) is 0 Å². The number of nitrogens with one attached hydrogen (secondary N) is 1. The fourth-order valence-electron chi connectivity index (χ4n) is 2.08. The molecule has 4 nitrogen and oxygen atoms in total. The normalized spacial score (nSPS) is 12.5. The second kappa shape index (κ2) is 11.7. The quantitative estimate of drug-likeness (QED) is 0.602. The summed E-state index contributed by atoms with van der Waals surface area (Å²) in [6.45, 7) is 6.61. The van der Waals surface area contributed by atoms with Crippen molar-refractivity contribution >= 4 is 0 Å². The van der Waals surface area contributed by atoms with Gasteiger partial charge in [0.1, 0.15) is 0 Å². The summed E-state index contributed by atoms with van der Waals surface area (Å²) in [5, 5.41) is 3.20. The van der Waals surface area contributed by atoms with Crippen molar-refractivity contribution in [2.24, 2.45) is 0 Å². The molecule has 1 atom stereocenters. The molecule has 0 aliphatic rings. The molecule has 0 heterocycles. The minimum Gasteiger partial charge on any atom is -0.385 e. The maximum Gasteiger partial charge on any atom is 0.0718 e. The van der Waals surface area contributed by atoms with Crippen LogP contribution in [0, 0.1) is 0 Å². The lowest BCUT2D eigenvalue weighted by Crippen LogP contribution is -2.14. The molecule has 0 aromatic heterocycles. The Morgan fingerprint density at radius 1 is 1.00 bits per heavy atom. The zero-order valence-corrected chi connectivity index (χ0v) is 13.6. The molecule has 21 heavy (non-hydrogen) atoms. The van der Waals surface area contributed by atoms with Crippen molar-refractivity contribution in [2.45, 2.75) is 25.9 Å². The molecule has 4 heteroatoms. The van der Waals surface area contributed by atoms with Gasteiger partial charge in [0, 0.05) is 26.9 Å². The monoisotopic (exact) mass is 295 g/mol. The molecule has 1 N–H and O–H groups in total. The van der Waals surface area contributed by atoms with Crippen LogP contribution in [0.25, 0.3) is 0 Å². The first-order valence-corrected chi connectivity index (χ1v) is 7.65. The van der Waals surface area contributed by atoms with Crippen LogP contribution in [0.1, 0.15) is 30.4 Å². The molecule has 1 aromatic rings. The molecule has 0 aliphatic carbocycles. The van der Waals surface area contributed by atoms with Crippen LogP contribution in [0.15, 0.2) is 24.3 Å². The first-order chi connectivity index (χ1) is 10.3. The third kappa shape index (κ3) is 8.17. The van der Waals surface area contributed by atoms with Gasteiger partial charge in [-0.15, -0.1) is 0 Å². The molecule has 0 saturated carbocycles. The predicted molar refractivity (Wildman–Crippen MR) is 85.8 cm³/mol. The topological polar surface area (TPSA) is 39.7 Å². The fraction of sp³-hybridized carbons (Fsp3) is 0.647. The molecule has 0 saturated heterocycles. The SMILES string of the molecule is CNCC(C)c1ccc(COCCOCCCOC)cc1. The van der Waals surface area contributed by atoms with E-state index in [2.05, 4.69) is 36.5 Å².